The molecule has 0 aliphatic heterocycles. The lowest BCUT2D eigenvalue weighted by Crippen LogP contribution is -2.37. The summed E-state index contributed by atoms with van der Waals surface area (Å²) in [7, 11) is 0. The molecule has 0 aliphatic rings. The fourth-order valence-electron chi connectivity index (χ4n) is 1.78. The molecule has 0 heterocycles. The fraction of sp³-hybridized carbons (Fsp3) is 0.562. The van der Waals surface area contributed by atoms with Crippen molar-refractivity contribution in [1.29, 1.82) is 0 Å². The first kappa shape index (κ1) is 18.2. The maximum absolute atomic E-state index is 13.3. The highest BCUT2D eigenvalue weighted by Gasteiger charge is 2.17. The Balaban J connectivity index is 2.59. The SMILES string of the molecule is CC(CNC(=O)OC(C)(C)C)Oc1ccc(F)cc1[C@@H](C)N. The summed E-state index contributed by atoms with van der Waals surface area (Å²) >= 11 is 0. The van der Waals surface area contributed by atoms with Gasteiger partial charge in [-0.1, -0.05) is 0 Å². The number of nitrogens with two attached hydrogens (primary N) is 1. The summed E-state index contributed by atoms with van der Waals surface area (Å²) in [4.78, 5) is 11.6. The second-order valence-corrected chi connectivity index (χ2v) is 6.28. The third kappa shape index (κ3) is 6.30. The minimum atomic E-state index is -0.548. The van der Waals surface area contributed by atoms with Gasteiger partial charge in [-0.3, -0.25) is 0 Å². The Hall–Kier alpha value is -1.82. The molecule has 0 bridgehead atoms. The number of halogens is 1. The minimum absolute atomic E-state index is 0.269. The predicted molar refractivity (Wildman–Crippen MR) is 83.3 cm³/mol. The molecule has 1 aromatic carbocycles. The van der Waals surface area contributed by atoms with Gasteiger partial charge in [-0.05, 0) is 52.8 Å². The van der Waals surface area contributed by atoms with Crippen molar-refractivity contribution in [2.75, 3.05) is 6.54 Å². The van der Waals surface area contributed by atoms with Crippen LogP contribution in [0.5, 0.6) is 5.75 Å². The van der Waals surface area contributed by atoms with Crippen molar-refractivity contribution >= 4 is 6.09 Å². The summed E-state index contributed by atoms with van der Waals surface area (Å²) in [5.41, 5.74) is 5.85. The smallest absolute Gasteiger partial charge is 0.407 e. The van der Waals surface area contributed by atoms with Gasteiger partial charge in [0.2, 0.25) is 0 Å². The van der Waals surface area contributed by atoms with Gasteiger partial charge in [-0.25, -0.2) is 9.18 Å². The van der Waals surface area contributed by atoms with Gasteiger partial charge in [0.1, 0.15) is 23.3 Å². The van der Waals surface area contributed by atoms with Crippen LogP contribution in [-0.2, 0) is 4.74 Å². The Morgan fingerprint density at radius 2 is 2.00 bits per heavy atom. The lowest BCUT2D eigenvalue weighted by Gasteiger charge is -2.22. The predicted octanol–water partition coefficient (Wildman–Crippen LogP) is 3.14. The molecule has 0 spiro atoms. The lowest BCUT2D eigenvalue weighted by atomic mass is 10.1. The molecular formula is C16H25FN2O3. The van der Waals surface area contributed by atoms with Gasteiger partial charge < -0.3 is 20.5 Å². The van der Waals surface area contributed by atoms with E-state index < -0.39 is 11.7 Å². The summed E-state index contributed by atoms with van der Waals surface area (Å²) in [5, 5.41) is 2.63. The van der Waals surface area contributed by atoms with Crippen molar-refractivity contribution in [3.8, 4) is 5.75 Å². The molecule has 1 unspecified atom stereocenters. The Labute approximate surface area is 131 Å². The normalized spacial score (nSPS) is 14.1. The number of alkyl carbamates (subject to hydrolysis) is 1. The van der Waals surface area contributed by atoms with E-state index in [9.17, 15) is 9.18 Å². The topological polar surface area (TPSA) is 73.6 Å². The largest absolute Gasteiger partial charge is 0.489 e. The first-order valence-corrected chi connectivity index (χ1v) is 7.27. The number of amides is 1. The van der Waals surface area contributed by atoms with Crippen LogP contribution < -0.4 is 15.8 Å². The van der Waals surface area contributed by atoms with Gasteiger partial charge in [-0.15, -0.1) is 0 Å². The van der Waals surface area contributed by atoms with Crippen LogP contribution in [0.4, 0.5) is 9.18 Å². The molecular weight excluding hydrogens is 287 g/mol. The van der Waals surface area contributed by atoms with E-state index in [1.54, 1.807) is 34.6 Å². The molecule has 0 saturated heterocycles. The number of rotatable bonds is 5. The van der Waals surface area contributed by atoms with E-state index in [4.69, 9.17) is 15.2 Å². The van der Waals surface area contributed by atoms with Gasteiger partial charge >= 0.3 is 6.09 Å². The van der Waals surface area contributed by atoms with E-state index in [0.717, 1.165) is 0 Å². The van der Waals surface area contributed by atoms with Gasteiger partial charge in [0.05, 0.1) is 6.54 Å². The zero-order valence-electron chi connectivity index (χ0n) is 13.8. The van der Waals surface area contributed by atoms with Crippen molar-refractivity contribution in [2.45, 2.75) is 52.4 Å². The molecule has 6 heteroatoms. The second kappa shape index (κ2) is 7.45. The number of ether oxygens (including phenoxy) is 2. The maximum atomic E-state index is 13.3. The average molecular weight is 312 g/mol. The summed E-state index contributed by atoms with van der Waals surface area (Å²) < 4.78 is 24.1. The summed E-state index contributed by atoms with van der Waals surface area (Å²) in [6.45, 7) is 9.20. The average Bonchev–Trinajstić information content (AvgIpc) is 2.36. The van der Waals surface area contributed by atoms with E-state index in [0.29, 0.717) is 11.3 Å². The van der Waals surface area contributed by atoms with Gasteiger partial charge in [0.15, 0.2) is 0 Å². The Morgan fingerprint density at radius 3 is 2.55 bits per heavy atom. The molecule has 0 aromatic heterocycles. The van der Waals surface area contributed by atoms with Crippen molar-refractivity contribution in [3.05, 3.63) is 29.6 Å². The molecule has 22 heavy (non-hydrogen) atoms. The molecule has 1 aromatic rings. The Morgan fingerprint density at radius 1 is 1.36 bits per heavy atom. The van der Waals surface area contributed by atoms with Crippen molar-refractivity contribution in [3.63, 3.8) is 0 Å². The molecule has 0 radical (unpaired) electrons. The quantitative estimate of drug-likeness (QED) is 0.876. The molecule has 5 nitrogen and oxygen atoms in total. The van der Waals surface area contributed by atoms with Gasteiger partial charge in [0.25, 0.3) is 0 Å². The van der Waals surface area contributed by atoms with Crippen LogP contribution in [0.15, 0.2) is 18.2 Å². The lowest BCUT2D eigenvalue weighted by molar-refractivity contribution is 0.0504. The number of nitrogens with one attached hydrogen (secondary N) is 1. The van der Waals surface area contributed by atoms with Crippen LogP contribution in [0.25, 0.3) is 0 Å². The highest BCUT2D eigenvalue weighted by atomic mass is 19.1. The van der Waals surface area contributed by atoms with Crippen LogP contribution in [0.2, 0.25) is 0 Å². The van der Waals surface area contributed by atoms with Gasteiger partial charge in [0, 0.05) is 11.6 Å². The molecule has 0 aliphatic carbocycles. The van der Waals surface area contributed by atoms with Crippen LogP contribution in [0, 0.1) is 5.82 Å². The standard InChI is InChI=1S/C16H25FN2O3/c1-10(9-19-15(20)22-16(3,4)5)21-14-7-6-12(17)8-13(14)11(2)18/h6-8,10-11H,9,18H2,1-5H3,(H,19,20)/t10?,11-/m1/s1. The molecule has 3 N–H and O–H groups in total. The Bertz CT molecular complexity index is 513. The summed E-state index contributed by atoms with van der Waals surface area (Å²) in [6.07, 6.45) is -0.815. The van der Waals surface area contributed by atoms with E-state index in [1.807, 2.05) is 0 Å². The molecule has 1 rings (SSSR count). The van der Waals surface area contributed by atoms with Crippen molar-refractivity contribution in [1.82, 2.24) is 5.32 Å². The first-order chi connectivity index (χ1) is 10.1. The molecule has 0 fully saturated rings. The molecule has 1 amide bonds. The van der Waals surface area contributed by atoms with E-state index in [2.05, 4.69) is 5.32 Å². The fourth-order valence-corrected chi connectivity index (χ4v) is 1.78. The van der Waals surface area contributed by atoms with Crippen LogP contribution in [-0.4, -0.2) is 24.3 Å². The van der Waals surface area contributed by atoms with Crippen LogP contribution in [0.1, 0.15) is 46.2 Å². The van der Waals surface area contributed by atoms with E-state index in [-0.39, 0.29) is 24.5 Å². The van der Waals surface area contributed by atoms with E-state index >= 15 is 0 Å². The Kier molecular flexibility index (Phi) is 6.17. The minimum Gasteiger partial charge on any atom is -0.489 e. The highest BCUT2D eigenvalue weighted by Crippen LogP contribution is 2.25. The van der Waals surface area contributed by atoms with Crippen molar-refractivity contribution < 1.29 is 18.7 Å². The summed E-state index contributed by atoms with van der Waals surface area (Å²) in [5.74, 6) is 0.147. The van der Waals surface area contributed by atoms with Crippen molar-refractivity contribution in [2.24, 2.45) is 5.73 Å². The van der Waals surface area contributed by atoms with Gasteiger partial charge in [-0.2, -0.15) is 0 Å². The number of carbonyl (C=O) groups is 1. The monoisotopic (exact) mass is 312 g/mol. The summed E-state index contributed by atoms with van der Waals surface area (Å²) in [6, 6.07) is 3.86. The van der Waals surface area contributed by atoms with E-state index in [1.165, 1.54) is 18.2 Å². The first-order valence-electron chi connectivity index (χ1n) is 7.27. The number of benzene rings is 1. The van der Waals surface area contributed by atoms with Crippen LogP contribution in [0.3, 0.4) is 0 Å². The second-order valence-electron chi connectivity index (χ2n) is 6.28. The zero-order chi connectivity index (χ0) is 16.9. The molecule has 2 atom stereocenters. The zero-order valence-corrected chi connectivity index (χ0v) is 13.8. The number of hydrogen-bond donors (Lipinski definition) is 2. The number of carbonyl (C=O) groups excluding carboxylic acids is 1. The number of hydrogen-bond acceptors (Lipinski definition) is 4. The molecule has 124 valence electrons. The maximum Gasteiger partial charge on any atom is 0.407 e. The third-order valence-corrected chi connectivity index (χ3v) is 2.72. The molecule has 0 saturated carbocycles. The third-order valence-electron chi connectivity index (χ3n) is 2.72. The highest BCUT2D eigenvalue weighted by molar-refractivity contribution is 5.67. The van der Waals surface area contributed by atoms with Crippen LogP contribution >= 0.6 is 0 Å².